The molecule has 3 N–H and O–H groups in total. The molecule has 0 saturated carbocycles. The number of terminal acetylenes is 1. The largest absolute Gasteiger partial charge is 0.508 e. The molecular weight excluding hydrogens is 626 g/mol. The normalized spacial score (nSPS) is 19.0. The van der Waals surface area contributed by atoms with Gasteiger partial charge in [-0.3, -0.25) is 9.88 Å². The molecule has 2 unspecified atom stereocenters. The quantitative estimate of drug-likeness (QED) is 0.148. The van der Waals surface area contributed by atoms with E-state index in [1.807, 2.05) is 13.8 Å². The third kappa shape index (κ3) is 6.87. The summed E-state index contributed by atoms with van der Waals surface area (Å²) in [5, 5.41) is 18.7. The Morgan fingerprint density at radius 1 is 1.16 bits per heavy atom. The molecule has 2 aromatic carbocycles. The molecule has 49 heavy (non-hydrogen) atoms. The highest BCUT2D eigenvalue weighted by Crippen LogP contribution is 2.40. The summed E-state index contributed by atoms with van der Waals surface area (Å²) in [6.07, 6.45) is 14.5. The second kappa shape index (κ2) is 15.2. The maximum Gasteiger partial charge on any atom is 0.319 e. The van der Waals surface area contributed by atoms with Crippen LogP contribution in [0.2, 0.25) is 0 Å². The summed E-state index contributed by atoms with van der Waals surface area (Å²) in [6.45, 7) is 10.7. The monoisotopic (exact) mass is 672 g/mol. The Labute approximate surface area is 286 Å². The Hall–Kier alpha value is -4.11. The van der Waals surface area contributed by atoms with E-state index in [9.17, 15) is 9.50 Å². The van der Waals surface area contributed by atoms with Crippen molar-refractivity contribution in [1.82, 2.24) is 25.2 Å². The molecule has 0 radical (unpaired) electrons. The van der Waals surface area contributed by atoms with Crippen molar-refractivity contribution in [2.45, 2.75) is 83.4 Å². The van der Waals surface area contributed by atoms with Crippen LogP contribution in [0.25, 0.3) is 32.9 Å². The first-order valence-electron chi connectivity index (χ1n) is 17.7. The summed E-state index contributed by atoms with van der Waals surface area (Å²) < 4.78 is 43.9. The third-order valence-electron chi connectivity index (χ3n) is 9.96. The number of aromatic nitrogens is 3. The average Bonchev–Trinajstić information content (AvgIpc) is 3.87. The number of hydrogen-bond donors (Lipinski definition) is 3. The second-order valence-corrected chi connectivity index (χ2v) is 12.9. The summed E-state index contributed by atoms with van der Waals surface area (Å²) in [7, 11) is 0. The number of phenols is 1. The number of nitrogens with zero attached hydrogens (tertiary/aromatic N) is 4. The molecule has 9 nitrogen and oxygen atoms in total. The number of ether oxygens (including phenoxy) is 2. The van der Waals surface area contributed by atoms with Crippen molar-refractivity contribution < 1.29 is 23.4 Å². The van der Waals surface area contributed by atoms with Crippen LogP contribution in [0.4, 0.5) is 14.6 Å². The van der Waals surface area contributed by atoms with Gasteiger partial charge >= 0.3 is 6.01 Å². The summed E-state index contributed by atoms with van der Waals surface area (Å²) in [4.78, 5) is 16.3. The van der Waals surface area contributed by atoms with E-state index in [0.717, 1.165) is 71.2 Å². The summed E-state index contributed by atoms with van der Waals surface area (Å²) >= 11 is 0. The SMILES string of the molecule is C#Cc1c(F)ccc2cc(O)cc(-c3ncc4c(NCC(NCCC)C5CCCO5)nc(OCC56CCCN5CCC6)nc4c3F)c12.CC. The molecule has 3 aliphatic rings. The lowest BCUT2D eigenvalue weighted by Gasteiger charge is -2.31. The first-order valence-corrected chi connectivity index (χ1v) is 17.7. The molecule has 4 aromatic rings. The number of hydrogen-bond acceptors (Lipinski definition) is 9. The van der Waals surface area contributed by atoms with Gasteiger partial charge in [0.15, 0.2) is 5.82 Å². The number of nitrogens with one attached hydrogen (secondary N) is 2. The maximum atomic E-state index is 16.8. The van der Waals surface area contributed by atoms with E-state index >= 15 is 4.39 Å². The highest BCUT2D eigenvalue weighted by atomic mass is 19.1. The van der Waals surface area contributed by atoms with Crippen LogP contribution in [0.5, 0.6) is 11.8 Å². The van der Waals surface area contributed by atoms with Crippen molar-refractivity contribution in [2.75, 3.05) is 44.7 Å². The molecule has 5 heterocycles. The van der Waals surface area contributed by atoms with Crippen LogP contribution in [0, 0.1) is 24.0 Å². The van der Waals surface area contributed by atoms with Gasteiger partial charge in [-0.25, -0.2) is 8.78 Å². The zero-order chi connectivity index (χ0) is 34.5. The molecule has 2 atom stereocenters. The number of fused-ring (bicyclic) bond motifs is 3. The van der Waals surface area contributed by atoms with Gasteiger partial charge in [-0.15, -0.1) is 6.42 Å². The van der Waals surface area contributed by atoms with Gasteiger partial charge in [0, 0.05) is 30.3 Å². The molecule has 260 valence electrons. The standard InChI is InChI=1S/C36H40F2N6O3.C2H6/c1-3-13-39-28(29-8-5-16-46-29)20-41-34-26-19-40-32(25-18-23(45)17-22-9-10-27(37)24(4-2)30(22)25)31(38)33(26)42-35(43-34)47-21-36-11-6-14-44(36)15-7-12-36;1-2/h2,9-10,17-19,28-29,39,45H,3,5-8,11-16,20-21H2,1H3,(H,41,42,43);1-2H3. The van der Waals surface area contributed by atoms with Crippen molar-refractivity contribution in [3.8, 4) is 35.4 Å². The second-order valence-electron chi connectivity index (χ2n) is 12.9. The number of aromatic hydroxyl groups is 1. The molecule has 3 saturated heterocycles. The van der Waals surface area contributed by atoms with Crippen LogP contribution >= 0.6 is 0 Å². The fraction of sp³-hybridized carbons (Fsp3) is 0.500. The van der Waals surface area contributed by atoms with Crippen LogP contribution in [-0.4, -0.2) is 82.0 Å². The van der Waals surface area contributed by atoms with Crippen LogP contribution in [0.3, 0.4) is 0 Å². The smallest absolute Gasteiger partial charge is 0.319 e. The molecule has 0 spiro atoms. The zero-order valence-electron chi connectivity index (χ0n) is 28.6. The lowest BCUT2D eigenvalue weighted by Crippen LogP contribution is -2.45. The van der Waals surface area contributed by atoms with Crippen LogP contribution in [-0.2, 0) is 4.74 Å². The number of anilines is 1. The van der Waals surface area contributed by atoms with Crippen molar-refractivity contribution in [1.29, 1.82) is 0 Å². The molecule has 7 rings (SSSR count). The van der Waals surface area contributed by atoms with Gasteiger partial charge in [0.2, 0.25) is 0 Å². The molecule has 0 aliphatic carbocycles. The van der Waals surface area contributed by atoms with Crippen molar-refractivity contribution in [3.63, 3.8) is 0 Å². The number of pyridine rings is 1. The van der Waals surface area contributed by atoms with Crippen LogP contribution in [0.1, 0.15) is 71.3 Å². The number of benzene rings is 2. The Bertz CT molecular complexity index is 1830. The molecule has 11 heteroatoms. The molecular formula is C38H46F2N6O3. The molecule has 0 bridgehead atoms. The Kier molecular flexibility index (Phi) is 10.8. The molecule has 3 aliphatic heterocycles. The zero-order valence-corrected chi connectivity index (χ0v) is 28.6. The lowest BCUT2D eigenvalue weighted by atomic mass is 9.95. The number of rotatable bonds is 11. The topological polar surface area (TPSA) is 105 Å². The summed E-state index contributed by atoms with van der Waals surface area (Å²) in [6, 6.07) is 5.61. The van der Waals surface area contributed by atoms with E-state index in [1.165, 1.54) is 30.5 Å². The van der Waals surface area contributed by atoms with E-state index in [1.54, 1.807) is 0 Å². The minimum Gasteiger partial charge on any atom is -0.508 e. The van der Waals surface area contributed by atoms with Gasteiger partial charge in [0.1, 0.15) is 35.2 Å². The van der Waals surface area contributed by atoms with Crippen molar-refractivity contribution in [2.24, 2.45) is 0 Å². The predicted molar refractivity (Wildman–Crippen MR) is 189 cm³/mol. The number of halogens is 2. The highest BCUT2D eigenvalue weighted by molar-refractivity contribution is 6.02. The first-order chi connectivity index (χ1) is 23.9. The van der Waals surface area contributed by atoms with Gasteiger partial charge < -0.3 is 25.2 Å². The molecule has 0 amide bonds. The average molecular weight is 673 g/mol. The van der Waals surface area contributed by atoms with Crippen molar-refractivity contribution >= 4 is 27.5 Å². The van der Waals surface area contributed by atoms with Gasteiger partial charge in [-0.05, 0) is 88.2 Å². The van der Waals surface area contributed by atoms with E-state index in [4.69, 9.17) is 20.9 Å². The van der Waals surface area contributed by atoms with Gasteiger partial charge in [-0.1, -0.05) is 32.8 Å². The van der Waals surface area contributed by atoms with E-state index in [-0.39, 0.29) is 57.2 Å². The predicted octanol–water partition coefficient (Wildman–Crippen LogP) is 6.80. The van der Waals surface area contributed by atoms with Crippen LogP contribution < -0.4 is 15.4 Å². The summed E-state index contributed by atoms with van der Waals surface area (Å²) in [5.74, 6) is 1.28. The lowest BCUT2D eigenvalue weighted by molar-refractivity contribution is 0.0820. The minimum absolute atomic E-state index is 0.0000346. The van der Waals surface area contributed by atoms with Gasteiger partial charge in [-0.2, -0.15) is 9.97 Å². The van der Waals surface area contributed by atoms with Gasteiger partial charge in [0.25, 0.3) is 0 Å². The Balaban J connectivity index is 0.00000205. The fourth-order valence-electron chi connectivity index (χ4n) is 7.63. The Morgan fingerprint density at radius 2 is 1.96 bits per heavy atom. The Morgan fingerprint density at radius 3 is 2.67 bits per heavy atom. The van der Waals surface area contributed by atoms with Crippen LogP contribution in [0.15, 0.2) is 30.5 Å². The van der Waals surface area contributed by atoms with E-state index in [2.05, 4.69) is 38.3 Å². The molecule has 3 fully saturated rings. The van der Waals surface area contributed by atoms with E-state index < -0.39 is 11.6 Å². The van der Waals surface area contributed by atoms with E-state index in [0.29, 0.717) is 29.7 Å². The van der Waals surface area contributed by atoms with Gasteiger partial charge in [0.05, 0.1) is 28.6 Å². The highest BCUT2D eigenvalue weighted by Gasteiger charge is 2.45. The fourth-order valence-corrected chi connectivity index (χ4v) is 7.63. The molecule has 2 aromatic heterocycles. The maximum absolute atomic E-state index is 16.8. The minimum atomic E-state index is -0.752. The first kappa shape index (κ1) is 34.7. The van der Waals surface area contributed by atoms with Crippen molar-refractivity contribution in [3.05, 3.63) is 47.7 Å². The number of phenolic OH excluding ortho intramolecular Hbond substituents is 1. The summed E-state index contributed by atoms with van der Waals surface area (Å²) in [5.41, 5.74) is -0.0473. The third-order valence-corrected chi connectivity index (χ3v) is 9.96.